The van der Waals surface area contributed by atoms with E-state index in [9.17, 15) is 0 Å². The van der Waals surface area contributed by atoms with Crippen molar-refractivity contribution in [3.63, 3.8) is 0 Å². The van der Waals surface area contributed by atoms with Gasteiger partial charge in [-0.2, -0.15) is 5.10 Å². The molecule has 1 aromatic heterocycles. The summed E-state index contributed by atoms with van der Waals surface area (Å²) in [5, 5.41) is 4.17. The van der Waals surface area contributed by atoms with Crippen molar-refractivity contribution in [2.75, 3.05) is 0 Å². The molecule has 0 aliphatic rings. The Morgan fingerprint density at radius 2 is 2.20 bits per heavy atom. The molecule has 0 saturated carbocycles. The minimum atomic E-state index is 0.415. The highest BCUT2D eigenvalue weighted by Gasteiger charge is 2.06. The summed E-state index contributed by atoms with van der Waals surface area (Å²) in [4.78, 5) is 0. The lowest BCUT2D eigenvalue weighted by molar-refractivity contribution is 0.710. The second-order valence-electron chi connectivity index (χ2n) is 2.10. The third-order valence-corrected chi connectivity index (χ3v) is 2.78. The summed E-state index contributed by atoms with van der Waals surface area (Å²) in [5.41, 5.74) is 2.06. The van der Waals surface area contributed by atoms with Gasteiger partial charge in [0.1, 0.15) is 6.00 Å². The van der Waals surface area contributed by atoms with Crippen LogP contribution in [-0.4, -0.2) is 9.78 Å². The van der Waals surface area contributed by atoms with Crippen LogP contribution in [0.3, 0.4) is 0 Å². The molecular weight excluding hydrogens is 215 g/mol. The van der Waals surface area contributed by atoms with Crippen LogP contribution in [0.15, 0.2) is 4.47 Å². The van der Waals surface area contributed by atoms with Crippen LogP contribution in [0, 0.1) is 13.8 Å². The molecule has 0 amide bonds. The first-order valence-electron chi connectivity index (χ1n) is 2.92. The highest BCUT2D eigenvalue weighted by Crippen LogP contribution is 2.19. The van der Waals surface area contributed by atoms with Crippen LogP contribution >= 0.6 is 27.5 Å². The summed E-state index contributed by atoms with van der Waals surface area (Å²) < 4.78 is 2.80. The molecule has 0 unspecified atom stereocenters. The summed E-state index contributed by atoms with van der Waals surface area (Å²) in [6.45, 7) is 3.92. The zero-order valence-corrected chi connectivity index (χ0v) is 8.20. The minimum absolute atomic E-state index is 0.415. The van der Waals surface area contributed by atoms with E-state index < -0.39 is 0 Å². The predicted molar refractivity (Wildman–Crippen MR) is 45.3 cm³/mol. The van der Waals surface area contributed by atoms with Gasteiger partial charge in [0.15, 0.2) is 0 Å². The van der Waals surface area contributed by atoms with E-state index in [0.717, 1.165) is 15.9 Å². The molecule has 0 saturated heterocycles. The SMILES string of the molecule is Cc1nn(CCl)c(C)c1Br. The first-order valence-corrected chi connectivity index (χ1v) is 4.25. The van der Waals surface area contributed by atoms with E-state index in [2.05, 4.69) is 21.0 Å². The molecule has 10 heavy (non-hydrogen) atoms. The van der Waals surface area contributed by atoms with Crippen molar-refractivity contribution in [1.29, 1.82) is 0 Å². The maximum Gasteiger partial charge on any atom is 0.115 e. The molecule has 0 aliphatic heterocycles. The quantitative estimate of drug-likeness (QED) is 0.669. The zero-order valence-electron chi connectivity index (χ0n) is 5.86. The fourth-order valence-corrected chi connectivity index (χ4v) is 1.31. The summed E-state index contributed by atoms with van der Waals surface area (Å²) in [6.07, 6.45) is 0. The van der Waals surface area contributed by atoms with Crippen LogP contribution in [0.25, 0.3) is 0 Å². The Labute approximate surface area is 73.3 Å². The molecule has 0 N–H and O–H groups in total. The molecule has 56 valence electrons. The summed E-state index contributed by atoms with van der Waals surface area (Å²) in [6, 6.07) is 0.415. The molecule has 0 aliphatic carbocycles. The van der Waals surface area contributed by atoms with Crippen molar-refractivity contribution in [3.05, 3.63) is 15.9 Å². The maximum absolute atomic E-state index is 5.60. The van der Waals surface area contributed by atoms with Crippen LogP contribution in [0.2, 0.25) is 0 Å². The van der Waals surface area contributed by atoms with Crippen molar-refractivity contribution in [2.45, 2.75) is 19.9 Å². The van der Waals surface area contributed by atoms with Gasteiger partial charge < -0.3 is 0 Å². The molecular formula is C6H8BrClN2. The number of alkyl halides is 1. The van der Waals surface area contributed by atoms with Crippen LogP contribution in [0.4, 0.5) is 0 Å². The van der Waals surface area contributed by atoms with Crippen molar-refractivity contribution in [1.82, 2.24) is 9.78 Å². The standard InChI is InChI=1S/C6H8BrClN2/c1-4-6(7)5(2)10(3-8)9-4/h3H2,1-2H3. The number of aryl methyl sites for hydroxylation is 1. The molecule has 4 heteroatoms. The first-order chi connectivity index (χ1) is 4.66. The van der Waals surface area contributed by atoms with E-state index in [1.807, 2.05) is 13.8 Å². The first kappa shape index (κ1) is 8.08. The number of hydrogen-bond acceptors (Lipinski definition) is 1. The Morgan fingerprint density at radius 3 is 2.40 bits per heavy atom. The van der Waals surface area contributed by atoms with Crippen LogP contribution in [0.5, 0.6) is 0 Å². The molecule has 0 spiro atoms. The average molecular weight is 224 g/mol. The zero-order chi connectivity index (χ0) is 7.72. The van der Waals surface area contributed by atoms with Gasteiger partial charge in [0.2, 0.25) is 0 Å². The molecule has 0 fully saturated rings. The van der Waals surface area contributed by atoms with Crippen LogP contribution in [-0.2, 0) is 6.00 Å². The third kappa shape index (κ3) is 1.20. The van der Waals surface area contributed by atoms with Crippen molar-refractivity contribution < 1.29 is 0 Å². The largest absolute Gasteiger partial charge is 0.254 e. The maximum atomic E-state index is 5.60. The number of rotatable bonds is 1. The van der Waals surface area contributed by atoms with E-state index in [0.29, 0.717) is 6.00 Å². The molecule has 0 radical (unpaired) electrons. The van der Waals surface area contributed by atoms with Crippen molar-refractivity contribution in [2.24, 2.45) is 0 Å². The van der Waals surface area contributed by atoms with Crippen molar-refractivity contribution >= 4 is 27.5 Å². The number of aromatic nitrogens is 2. The van der Waals surface area contributed by atoms with E-state index in [1.54, 1.807) is 4.68 Å². The second kappa shape index (κ2) is 2.93. The van der Waals surface area contributed by atoms with Crippen molar-refractivity contribution in [3.8, 4) is 0 Å². The monoisotopic (exact) mass is 222 g/mol. The Morgan fingerprint density at radius 1 is 1.60 bits per heavy atom. The molecule has 0 atom stereocenters. The highest BCUT2D eigenvalue weighted by molar-refractivity contribution is 9.10. The topological polar surface area (TPSA) is 17.8 Å². The summed E-state index contributed by atoms with van der Waals surface area (Å²) >= 11 is 9.00. The number of hydrogen-bond donors (Lipinski definition) is 0. The van der Waals surface area contributed by atoms with Gasteiger partial charge in [0.25, 0.3) is 0 Å². The molecule has 2 nitrogen and oxygen atoms in total. The summed E-state index contributed by atoms with van der Waals surface area (Å²) in [7, 11) is 0. The van der Waals surface area contributed by atoms with E-state index >= 15 is 0 Å². The lowest BCUT2D eigenvalue weighted by Crippen LogP contribution is -1.96. The Bertz CT molecular complexity index is 244. The van der Waals surface area contributed by atoms with Gasteiger partial charge >= 0.3 is 0 Å². The van der Waals surface area contributed by atoms with Gasteiger partial charge in [-0.05, 0) is 29.8 Å². The van der Waals surface area contributed by atoms with Gasteiger partial charge in [-0.15, -0.1) is 11.6 Å². The van der Waals surface area contributed by atoms with Gasteiger partial charge in [0, 0.05) is 0 Å². The number of halogens is 2. The van der Waals surface area contributed by atoms with Gasteiger partial charge in [-0.1, -0.05) is 0 Å². The number of nitrogens with zero attached hydrogens (tertiary/aromatic N) is 2. The minimum Gasteiger partial charge on any atom is -0.254 e. The lowest BCUT2D eigenvalue weighted by atomic mass is 10.4. The van der Waals surface area contributed by atoms with E-state index in [4.69, 9.17) is 11.6 Å². The molecule has 1 aromatic rings. The summed E-state index contributed by atoms with van der Waals surface area (Å²) in [5.74, 6) is 0. The van der Waals surface area contributed by atoms with E-state index in [-0.39, 0.29) is 0 Å². The normalized spacial score (nSPS) is 10.4. The van der Waals surface area contributed by atoms with Gasteiger partial charge in [-0.3, -0.25) is 4.68 Å². The second-order valence-corrected chi connectivity index (χ2v) is 3.14. The molecule has 1 rings (SSSR count). The Hall–Kier alpha value is -0.0200. The van der Waals surface area contributed by atoms with Crippen LogP contribution < -0.4 is 0 Å². The lowest BCUT2D eigenvalue weighted by Gasteiger charge is -1.94. The predicted octanol–water partition coefficient (Wildman–Crippen LogP) is 2.46. The molecule has 0 bridgehead atoms. The van der Waals surface area contributed by atoms with Gasteiger partial charge in [0.05, 0.1) is 15.9 Å². The molecule has 0 aromatic carbocycles. The highest BCUT2D eigenvalue weighted by atomic mass is 79.9. The average Bonchev–Trinajstić information content (AvgIpc) is 2.17. The van der Waals surface area contributed by atoms with Crippen LogP contribution in [0.1, 0.15) is 11.4 Å². The van der Waals surface area contributed by atoms with Gasteiger partial charge in [-0.25, -0.2) is 0 Å². The van der Waals surface area contributed by atoms with E-state index in [1.165, 1.54) is 0 Å². The Kier molecular flexibility index (Phi) is 2.36. The fourth-order valence-electron chi connectivity index (χ4n) is 0.791. The fraction of sp³-hybridized carbons (Fsp3) is 0.500. The third-order valence-electron chi connectivity index (χ3n) is 1.41. The molecule has 1 heterocycles. The Balaban J connectivity index is 3.17. The smallest absolute Gasteiger partial charge is 0.115 e.